The van der Waals surface area contributed by atoms with Gasteiger partial charge in [-0.25, -0.2) is 0 Å². The number of thiophene rings is 1. The van der Waals surface area contributed by atoms with Gasteiger partial charge in [-0.15, -0.1) is 11.3 Å². The maximum Gasteiger partial charge on any atom is 0.133 e. The van der Waals surface area contributed by atoms with E-state index < -0.39 is 0 Å². The van der Waals surface area contributed by atoms with Crippen molar-refractivity contribution in [2.75, 3.05) is 7.11 Å². The maximum absolute atomic E-state index is 8.36. The number of hydrogen-bond acceptors (Lipinski definition) is 3. The minimum absolute atomic E-state index is 0.445. The van der Waals surface area contributed by atoms with Gasteiger partial charge in [0.05, 0.1) is 24.5 Å². The van der Waals surface area contributed by atoms with Crippen molar-refractivity contribution >= 4 is 11.3 Å². The van der Waals surface area contributed by atoms with Gasteiger partial charge in [0.2, 0.25) is 0 Å². The van der Waals surface area contributed by atoms with E-state index in [0.29, 0.717) is 6.42 Å². The number of rotatable bonds is 2. The Hall–Kier alpha value is -1.01. The van der Waals surface area contributed by atoms with Crippen LogP contribution in [0.2, 0.25) is 0 Å². The third-order valence-electron chi connectivity index (χ3n) is 1.16. The van der Waals surface area contributed by atoms with Gasteiger partial charge in [0.1, 0.15) is 5.75 Å². The largest absolute Gasteiger partial charge is 0.496 e. The molecule has 3 heteroatoms. The molecule has 2 nitrogen and oxygen atoms in total. The Bertz CT molecular complexity index is 248. The van der Waals surface area contributed by atoms with Crippen molar-refractivity contribution in [3.05, 3.63) is 16.3 Å². The van der Waals surface area contributed by atoms with Crippen molar-refractivity contribution < 1.29 is 4.74 Å². The van der Waals surface area contributed by atoms with Gasteiger partial charge in [-0.05, 0) is 11.4 Å². The van der Waals surface area contributed by atoms with Gasteiger partial charge in [0.25, 0.3) is 0 Å². The summed E-state index contributed by atoms with van der Waals surface area (Å²) in [7, 11) is 1.61. The van der Waals surface area contributed by atoms with Crippen molar-refractivity contribution in [3.8, 4) is 11.8 Å². The fraction of sp³-hybridized carbons (Fsp3) is 0.286. The first-order valence-electron chi connectivity index (χ1n) is 2.85. The number of ether oxygens (including phenoxy) is 1. The summed E-state index contributed by atoms with van der Waals surface area (Å²) in [5.41, 5.74) is 0. The Kier molecular flexibility index (Phi) is 2.30. The molecule has 0 radical (unpaired) electrons. The second-order valence-corrected chi connectivity index (χ2v) is 2.75. The second-order valence-electron chi connectivity index (χ2n) is 1.75. The van der Waals surface area contributed by atoms with E-state index in [-0.39, 0.29) is 0 Å². The average molecular weight is 153 g/mol. The Morgan fingerprint density at radius 1 is 1.80 bits per heavy atom. The number of hydrogen-bond donors (Lipinski definition) is 0. The van der Waals surface area contributed by atoms with Gasteiger partial charge in [-0.1, -0.05) is 0 Å². The summed E-state index contributed by atoms with van der Waals surface area (Å²) in [6.45, 7) is 0. The molecule has 0 N–H and O–H groups in total. The highest BCUT2D eigenvalue weighted by Crippen LogP contribution is 2.24. The van der Waals surface area contributed by atoms with Crippen LogP contribution in [-0.2, 0) is 6.42 Å². The van der Waals surface area contributed by atoms with Crippen LogP contribution >= 0.6 is 11.3 Å². The van der Waals surface area contributed by atoms with Gasteiger partial charge in [-0.2, -0.15) is 5.26 Å². The van der Waals surface area contributed by atoms with Crippen molar-refractivity contribution in [1.82, 2.24) is 0 Å². The summed E-state index contributed by atoms with van der Waals surface area (Å²) >= 11 is 1.55. The van der Waals surface area contributed by atoms with Crippen molar-refractivity contribution in [2.24, 2.45) is 0 Å². The molecule has 0 saturated carbocycles. The van der Waals surface area contributed by atoms with Crippen LogP contribution in [-0.4, -0.2) is 7.11 Å². The zero-order chi connectivity index (χ0) is 7.40. The van der Waals surface area contributed by atoms with E-state index in [2.05, 4.69) is 6.07 Å². The molecule has 1 aromatic rings. The third-order valence-corrected chi connectivity index (χ3v) is 2.07. The molecule has 1 aromatic heterocycles. The first-order valence-corrected chi connectivity index (χ1v) is 3.73. The first kappa shape index (κ1) is 7.10. The molecule has 0 saturated heterocycles. The van der Waals surface area contributed by atoms with Crippen LogP contribution in [0.25, 0.3) is 0 Å². The smallest absolute Gasteiger partial charge is 0.133 e. The number of methoxy groups -OCH3 is 1. The van der Waals surface area contributed by atoms with E-state index in [1.54, 1.807) is 18.4 Å². The molecule has 0 atom stereocenters. The van der Waals surface area contributed by atoms with Crippen molar-refractivity contribution in [2.45, 2.75) is 6.42 Å². The second kappa shape index (κ2) is 3.23. The number of nitrogens with zero attached hydrogens (tertiary/aromatic N) is 1. The summed E-state index contributed by atoms with van der Waals surface area (Å²) in [6, 6.07) is 3.95. The van der Waals surface area contributed by atoms with E-state index in [9.17, 15) is 0 Å². The van der Waals surface area contributed by atoms with Gasteiger partial charge in [-0.3, -0.25) is 0 Å². The Labute approximate surface area is 63.7 Å². The van der Waals surface area contributed by atoms with Crippen LogP contribution in [0.3, 0.4) is 0 Å². The van der Waals surface area contributed by atoms with E-state index in [1.807, 2.05) is 11.4 Å². The fourth-order valence-corrected chi connectivity index (χ4v) is 1.48. The molecule has 1 heterocycles. The Morgan fingerprint density at radius 2 is 2.60 bits per heavy atom. The lowest BCUT2D eigenvalue weighted by atomic mass is 10.3. The summed E-state index contributed by atoms with van der Waals surface area (Å²) in [4.78, 5) is 1.00. The highest BCUT2D eigenvalue weighted by molar-refractivity contribution is 7.10. The van der Waals surface area contributed by atoms with Crippen LogP contribution in [0.4, 0.5) is 0 Å². The first-order chi connectivity index (χ1) is 4.88. The van der Waals surface area contributed by atoms with Crippen molar-refractivity contribution in [3.63, 3.8) is 0 Å². The van der Waals surface area contributed by atoms with Crippen molar-refractivity contribution in [1.29, 1.82) is 5.26 Å². The standard InChI is InChI=1S/C7H7NOS/c1-9-6-3-5-10-7(6)2-4-8/h3,5H,2H2,1H3. The van der Waals surface area contributed by atoms with E-state index >= 15 is 0 Å². The molecule has 0 unspecified atom stereocenters. The van der Waals surface area contributed by atoms with Gasteiger partial charge >= 0.3 is 0 Å². The van der Waals surface area contributed by atoms with Gasteiger partial charge < -0.3 is 4.74 Å². The fourth-order valence-electron chi connectivity index (χ4n) is 0.711. The third kappa shape index (κ3) is 1.28. The van der Waals surface area contributed by atoms with Crippen LogP contribution in [0.5, 0.6) is 5.75 Å². The molecule has 1 rings (SSSR count). The van der Waals surface area contributed by atoms with Crippen LogP contribution in [0.15, 0.2) is 11.4 Å². The summed E-state index contributed by atoms with van der Waals surface area (Å²) in [6.07, 6.45) is 0.445. The molecule has 0 amide bonds. The minimum Gasteiger partial charge on any atom is -0.496 e. The molecule has 0 spiro atoms. The molecule has 0 aliphatic heterocycles. The highest BCUT2D eigenvalue weighted by atomic mass is 32.1. The molecule has 10 heavy (non-hydrogen) atoms. The molecular formula is C7H7NOS. The average Bonchev–Trinajstić information content (AvgIpc) is 2.36. The summed E-state index contributed by atoms with van der Waals surface area (Å²) < 4.78 is 5.00. The maximum atomic E-state index is 8.36. The molecule has 0 bridgehead atoms. The quantitative estimate of drug-likeness (QED) is 0.649. The normalized spacial score (nSPS) is 8.80. The topological polar surface area (TPSA) is 33.0 Å². The lowest BCUT2D eigenvalue weighted by Crippen LogP contribution is -1.83. The summed E-state index contributed by atoms with van der Waals surface area (Å²) in [5.74, 6) is 0.826. The van der Waals surface area contributed by atoms with E-state index in [4.69, 9.17) is 10.00 Å². The molecule has 52 valence electrons. The van der Waals surface area contributed by atoms with Crippen LogP contribution in [0.1, 0.15) is 4.88 Å². The Morgan fingerprint density at radius 3 is 3.20 bits per heavy atom. The highest BCUT2D eigenvalue weighted by Gasteiger charge is 2.01. The van der Waals surface area contributed by atoms with Crippen LogP contribution < -0.4 is 4.74 Å². The molecule has 0 aliphatic rings. The van der Waals surface area contributed by atoms with Gasteiger partial charge in [0.15, 0.2) is 0 Å². The monoisotopic (exact) mass is 153 g/mol. The minimum atomic E-state index is 0.445. The zero-order valence-corrected chi connectivity index (χ0v) is 6.44. The van der Waals surface area contributed by atoms with E-state index in [0.717, 1.165) is 10.6 Å². The SMILES string of the molecule is COc1ccsc1CC#N. The molecule has 0 fully saturated rings. The molecule has 0 aliphatic carbocycles. The Balaban J connectivity index is 2.82. The zero-order valence-electron chi connectivity index (χ0n) is 5.63. The number of nitriles is 1. The van der Waals surface area contributed by atoms with Gasteiger partial charge in [0, 0.05) is 0 Å². The predicted molar refractivity (Wildman–Crippen MR) is 40.2 cm³/mol. The molecular weight excluding hydrogens is 146 g/mol. The molecule has 0 aromatic carbocycles. The summed E-state index contributed by atoms with van der Waals surface area (Å²) in [5, 5.41) is 10.3. The predicted octanol–water partition coefficient (Wildman–Crippen LogP) is 1.82. The van der Waals surface area contributed by atoms with Crippen LogP contribution in [0, 0.1) is 11.3 Å². The lowest BCUT2D eigenvalue weighted by molar-refractivity contribution is 0.413. The van der Waals surface area contributed by atoms with E-state index in [1.165, 1.54) is 0 Å². The lowest BCUT2D eigenvalue weighted by Gasteiger charge is -1.95.